The van der Waals surface area contributed by atoms with Crippen molar-refractivity contribution in [2.45, 2.75) is 19.8 Å². The molecule has 0 bridgehead atoms. The molecule has 2 N–H and O–H groups in total. The van der Waals surface area contributed by atoms with E-state index >= 15 is 0 Å². The Bertz CT molecular complexity index is 1230. The van der Waals surface area contributed by atoms with Gasteiger partial charge >= 0.3 is 0 Å². The van der Waals surface area contributed by atoms with Gasteiger partial charge in [-0.2, -0.15) is 5.10 Å². The van der Waals surface area contributed by atoms with Crippen molar-refractivity contribution in [3.05, 3.63) is 63.4 Å². The van der Waals surface area contributed by atoms with E-state index in [1.165, 1.54) is 17.8 Å². The van der Waals surface area contributed by atoms with E-state index < -0.39 is 29.0 Å². The Kier molecular flexibility index (Phi) is 6.09. The van der Waals surface area contributed by atoms with Crippen molar-refractivity contribution in [3.63, 3.8) is 0 Å². The Hall–Kier alpha value is -4.09. The van der Waals surface area contributed by atoms with Gasteiger partial charge in [0.1, 0.15) is 23.5 Å². The maximum absolute atomic E-state index is 14.4. The highest BCUT2D eigenvalue weighted by Gasteiger charge is 2.23. The van der Waals surface area contributed by atoms with Crippen LogP contribution in [0.1, 0.15) is 46.0 Å². The summed E-state index contributed by atoms with van der Waals surface area (Å²) >= 11 is 0. The predicted octanol–water partition coefficient (Wildman–Crippen LogP) is 3.62. The molecule has 11 nitrogen and oxygen atoms in total. The molecule has 13 heteroatoms. The summed E-state index contributed by atoms with van der Waals surface area (Å²) in [7, 11) is 1.17. The van der Waals surface area contributed by atoms with Gasteiger partial charge in [0.25, 0.3) is 11.8 Å². The Morgan fingerprint density at radius 1 is 1.26 bits per heavy atom. The molecule has 0 aliphatic heterocycles. The second-order valence-electron chi connectivity index (χ2n) is 6.58. The summed E-state index contributed by atoms with van der Waals surface area (Å²) in [5.41, 5.74) is 10.7. The van der Waals surface area contributed by atoms with Crippen molar-refractivity contribution in [1.29, 1.82) is 0 Å². The van der Waals surface area contributed by atoms with Gasteiger partial charge in [0.2, 0.25) is 0 Å². The Labute approximate surface area is 173 Å². The lowest BCUT2D eigenvalue weighted by molar-refractivity contribution is 0.0533. The van der Waals surface area contributed by atoms with Crippen LogP contribution in [-0.4, -0.2) is 33.5 Å². The number of rotatable bonds is 6. The standard InChI is InChI=1S/C18H16F2N8O3/c1-8(2)14-10(17(29)25-27-21)6-28-15(14)16(22-7-23-28)24-13-4-9(18(30)26-31-3)11(19)5-12(13)20/h4-8H,1-3H3,(H,26,30)(H,22,23,24). The van der Waals surface area contributed by atoms with Crippen LogP contribution in [0.3, 0.4) is 0 Å². The first-order valence-electron chi connectivity index (χ1n) is 8.83. The number of hydrogen-bond acceptors (Lipinski definition) is 6. The molecule has 0 fully saturated rings. The Morgan fingerprint density at radius 3 is 2.65 bits per heavy atom. The van der Waals surface area contributed by atoms with Crippen molar-refractivity contribution >= 4 is 28.8 Å². The molecule has 0 atom stereocenters. The normalized spacial score (nSPS) is 10.8. The van der Waals surface area contributed by atoms with Crippen LogP contribution in [0.15, 0.2) is 29.8 Å². The van der Waals surface area contributed by atoms with Crippen molar-refractivity contribution in [2.24, 2.45) is 5.11 Å². The number of aromatic nitrogens is 3. The second kappa shape index (κ2) is 8.73. The highest BCUT2D eigenvalue weighted by molar-refractivity contribution is 6.00. The van der Waals surface area contributed by atoms with Crippen LogP contribution in [-0.2, 0) is 4.84 Å². The lowest BCUT2D eigenvalue weighted by atomic mass is 9.99. The summed E-state index contributed by atoms with van der Waals surface area (Å²) in [4.78, 5) is 35.3. The SMILES string of the molecule is CONC(=O)c1cc(Nc2ncnn3cc(C(=O)N=[N+]=[N-])c(C(C)C)c23)c(F)cc1F. The molecular formula is C18H16F2N8O3. The van der Waals surface area contributed by atoms with Gasteiger partial charge in [-0.25, -0.2) is 23.8 Å². The molecule has 1 aromatic carbocycles. The molecular weight excluding hydrogens is 414 g/mol. The van der Waals surface area contributed by atoms with Crippen LogP contribution in [0.5, 0.6) is 0 Å². The number of azide groups is 1. The maximum atomic E-state index is 14.4. The van der Waals surface area contributed by atoms with Crippen LogP contribution in [0.25, 0.3) is 16.0 Å². The zero-order valence-corrected chi connectivity index (χ0v) is 16.6. The van der Waals surface area contributed by atoms with E-state index in [1.54, 1.807) is 13.8 Å². The minimum absolute atomic E-state index is 0.0855. The van der Waals surface area contributed by atoms with Crippen LogP contribution >= 0.6 is 0 Å². The number of anilines is 2. The topological polar surface area (TPSA) is 146 Å². The zero-order valence-electron chi connectivity index (χ0n) is 16.6. The van der Waals surface area contributed by atoms with Gasteiger partial charge < -0.3 is 5.32 Å². The third kappa shape index (κ3) is 4.13. The highest BCUT2D eigenvalue weighted by atomic mass is 19.1. The third-order valence-corrected chi connectivity index (χ3v) is 4.31. The fourth-order valence-electron chi connectivity index (χ4n) is 3.07. The van der Waals surface area contributed by atoms with Gasteiger partial charge in [-0.1, -0.05) is 13.8 Å². The number of nitrogens with zero attached hydrogens (tertiary/aromatic N) is 6. The largest absolute Gasteiger partial charge is 0.336 e. The van der Waals surface area contributed by atoms with Gasteiger partial charge in [0.05, 0.1) is 18.4 Å². The molecule has 0 unspecified atom stereocenters. The number of nitrogens with one attached hydrogen (secondary N) is 2. The molecule has 0 aliphatic carbocycles. The first-order valence-corrected chi connectivity index (χ1v) is 8.83. The van der Waals surface area contributed by atoms with Gasteiger partial charge in [0, 0.05) is 22.7 Å². The number of benzene rings is 1. The van der Waals surface area contributed by atoms with Crippen molar-refractivity contribution in [1.82, 2.24) is 20.1 Å². The number of hydrogen-bond donors (Lipinski definition) is 2. The molecule has 0 spiro atoms. The fourth-order valence-corrected chi connectivity index (χ4v) is 3.07. The number of carbonyl (C=O) groups excluding carboxylic acids is 2. The summed E-state index contributed by atoms with van der Waals surface area (Å²) in [5, 5.41) is 9.87. The van der Waals surface area contributed by atoms with E-state index in [4.69, 9.17) is 5.53 Å². The predicted molar refractivity (Wildman–Crippen MR) is 105 cm³/mol. The number of halogens is 2. The maximum Gasteiger partial charge on any atom is 0.277 e. The average molecular weight is 430 g/mol. The molecule has 2 heterocycles. The molecule has 2 amide bonds. The van der Waals surface area contributed by atoms with Crippen LogP contribution < -0.4 is 10.8 Å². The molecule has 2 aromatic heterocycles. The van der Waals surface area contributed by atoms with E-state index in [1.807, 2.05) is 5.48 Å². The molecule has 0 aliphatic rings. The van der Waals surface area contributed by atoms with E-state index in [0.717, 1.165) is 12.4 Å². The average Bonchev–Trinajstić information content (AvgIpc) is 3.11. The van der Waals surface area contributed by atoms with Gasteiger partial charge in [-0.05, 0) is 28.2 Å². The number of hydroxylamine groups is 1. The summed E-state index contributed by atoms with van der Waals surface area (Å²) in [6.07, 6.45) is 2.52. The van der Waals surface area contributed by atoms with Crippen LogP contribution in [0.4, 0.5) is 20.3 Å². The number of amides is 2. The van der Waals surface area contributed by atoms with Crippen molar-refractivity contribution in [2.75, 3.05) is 12.4 Å². The minimum Gasteiger partial charge on any atom is -0.336 e. The van der Waals surface area contributed by atoms with Crippen LogP contribution in [0, 0.1) is 11.6 Å². The van der Waals surface area contributed by atoms with Crippen molar-refractivity contribution in [3.8, 4) is 0 Å². The molecule has 0 radical (unpaired) electrons. The molecule has 160 valence electrons. The van der Waals surface area contributed by atoms with Crippen LogP contribution in [0.2, 0.25) is 0 Å². The minimum atomic E-state index is -1.08. The lowest BCUT2D eigenvalue weighted by Gasteiger charge is -2.13. The first-order chi connectivity index (χ1) is 14.8. The molecule has 0 saturated heterocycles. The lowest BCUT2D eigenvalue weighted by Crippen LogP contribution is -2.23. The summed E-state index contributed by atoms with van der Waals surface area (Å²) < 4.78 is 29.8. The fraction of sp³-hybridized carbons (Fsp3) is 0.222. The quantitative estimate of drug-likeness (QED) is 0.264. The zero-order chi connectivity index (χ0) is 22.7. The van der Waals surface area contributed by atoms with E-state index in [2.05, 4.69) is 30.3 Å². The smallest absolute Gasteiger partial charge is 0.277 e. The molecule has 3 aromatic rings. The van der Waals surface area contributed by atoms with Gasteiger partial charge in [0.15, 0.2) is 5.82 Å². The van der Waals surface area contributed by atoms with E-state index in [0.29, 0.717) is 17.1 Å². The Morgan fingerprint density at radius 2 is 2.00 bits per heavy atom. The first kappa shape index (κ1) is 21.6. The third-order valence-electron chi connectivity index (χ3n) is 4.31. The Balaban J connectivity index is 2.17. The molecule has 3 rings (SSSR count). The number of fused-ring (bicyclic) bond motifs is 1. The highest BCUT2D eigenvalue weighted by Crippen LogP contribution is 2.32. The molecule has 31 heavy (non-hydrogen) atoms. The monoisotopic (exact) mass is 430 g/mol. The van der Waals surface area contributed by atoms with Gasteiger partial charge in [-0.3, -0.25) is 14.4 Å². The number of carbonyl (C=O) groups is 2. The summed E-state index contributed by atoms with van der Waals surface area (Å²) in [5.74, 6) is -3.94. The summed E-state index contributed by atoms with van der Waals surface area (Å²) in [6, 6.07) is 1.50. The van der Waals surface area contributed by atoms with Gasteiger partial charge in [-0.15, -0.1) is 0 Å². The summed E-state index contributed by atoms with van der Waals surface area (Å²) in [6.45, 7) is 3.59. The second-order valence-corrected chi connectivity index (χ2v) is 6.58. The van der Waals surface area contributed by atoms with E-state index in [9.17, 15) is 18.4 Å². The molecule has 0 saturated carbocycles. The van der Waals surface area contributed by atoms with E-state index in [-0.39, 0.29) is 23.0 Å². The van der Waals surface area contributed by atoms with Crippen molar-refractivity contribution < 1.29 is 23.2 Å².